The van der Waals surface area contributed by atoms with Crippen LogP contribution in [0.1, 0.15) is 20.8 Å². The fourth-order valence-corrected chi connectivity index (χ4v) is 0.893. The van der Waals surface area contributed by atoms with Crippen LogP contribution in [0, 0.1) is 5.92 Å². The summed E-state index contributed by atoms with van der Waals surface area (Å²) in [6.07, 6.45) is 0. The van der Waals surface area contributed by atoms with E-state index in [2.05, 4.69) is 4.90 Å². The van der Waals surface area contributed by atoms with Crippen molar-refractivity contribution in [2.45, 2.75) is 26.3 Å². The molecule has 0 bridgehead atoms. The number of likely N-dealkylation sites (N-methyl/N-ethyl adjacent to an activating group) is 1. The second-order valence-corrected chi connectivity index (χ2v) is 4.14. The molecule has 0 aromatic rings. The van der Waals surface area contributed by atoms with Gasteiger partial charge in [-0.05, 0) is 26.8 Å². The molecule has 0 aromatic carbocycles. The number of hydrogen-bond acceptors (Lipinski definition) is 3. The van der Waals surface area contributed by atoms with E-state index in [0.29, 0.717) is 0 Å². The zero-order chi connectivity index (χ0) is 9.78. The molecule has 0 amide bonds. The molecule has 0 heterocycles. The summed E-state index contributed by atoms with van der Waals surface area (Å²) >= 11 is 0. The van der Waals surface area contributed by atoms with E-state index in [-0.39, 0.29) is 24.7 Å². The predicted octanol–water partition coefficient (Wildman–Crippen LogP) is 0.317. The van der Waals surface area contributed by atoms with Gasteiger partial charge >= 0.3 is 0 Å². The van der Waals surface area contributed by atoms with E-state index in [1.165, 1.54) is 0 Å². The Balaban J connectivity index is 3.93. The summed E-state index contributed by atoms with van der Waals surface area (Å²) in [7, 11) is 1.96. The first-order valence-electron chi connectivity index (χ1n) is 4.37. The van der Waals surface area contributed by atoms with Gasteiger partial charge in [-0.1, -0.05) is 6.92 Å². The summed E-state index contributed by atoms with van der Waals surface area (Å²) in [5.74, 6) is 0.265. The van der Waals surface area contributed by atoms with Gasteiger partial charge in [-0.25, -0.2) is 0 Å². The van der Waals surface area contributed by atoms with Crippen molar-refractivity contribution < 1.29 is 10.2 Å². The average molecular weight is 175 g/mol. The molecule has 0 rings (SSSR count). The molecule has 1 unspecified atom stereocenters. The second kappa shape index (κ2) is 4.80. The largest absolute Gasteiger partial charge is 0.396 e. The maximum atomic E-state index is 9.05. The lowest BCUT2D eigenvalue weighted by molar-refractivity contribution is 0.0592. The molecule has 2 N–H and O–H groups in total. The Morgan fingerprint density at radius 3 is 2.17 bits per heavy atom. The molecule has 1 atom stereocenters. The van der Waals surface area contributed by atoms with Gasteiger partial charge in [-0.2, -0.15) is 0 Å². The van der Waals surface area contributed by atoms with Crippen molar-refractivity contribution >= 4 is 0 Å². The Morgan fingerprint density at radius 2 is 1.83 bits per heavy atom. The highest BCUT2D eigenvalue weighted by molar-refractivity contribution is 4.78. The van der Waals surface area contributed by atoms with Crippen LogP contribution in [0.5, 0.6) is 0 Å². The number of rotatable bonds is 5. The maximum Gasteiger partial charge on any atom is 0.0609 e. The number of aliphatic hydroxyl groups is 2. The van der Waals surface area contributed by atoms with Gasteiger partial charge in [-0.15, -0.1) is 0 Å². The molecule has 0 saturated heterocycles. The quantitative estimate of drug-likeness (QED) is 0.632. The molecule has 0 saturated carbocycles. The van der Waals surface area contributed by atoms with Crippen molar-refractivity contribution in [3.05, 3.63) is 0 Å². The van der Waals surface area contributed by atoms with E-state index < -0.39 is 0 Å². The Morgan fingerprint density at radius 1 is 1.33 bits per heavy atom. The van der Waals surface area contributed by atoms with Crippen LogP contribution in [-0.2, 0) is 0 Å². The highest BCUT2D eigenvalue weighted by Crippen LogP contribution is 2.12. The molecular weight excluding hydrogens is 154 g/mol. The molecule has 12 heavy (non-hydrogen) atoms. The summed E-state index contributed by atoms with van der Waals surface area (Å²) in [5, 5.41) is 17.9. The third kappa shape index (κ3) is 3.52. The van der Waals surface area contributed by atoms with Crippen molar-refractivity contribution in [2.24, 2.45) is 5.92 Å². The first-order chi connectivity index (χ1) is 5.44. The monoisotopic (exact) mass is 175 g/mol. The molecule has 3 heteroatoms. The number of aliphatic hydroxyl groups excluding tert-OH is 2. The van der Waals surface area contributed by atoms with E-state index in [4.69, 9.17) is 10.2 Å². The van der Waals surface area contributed by atoms with Crippen molar-refractivity contribution in [2.75, 3.05) is 26.8 Å². The summed E-state index contributed by atoms with van der Waals surface area (Å²) in [6, 6.07) is 0. The van der Waals surface area contributed by atoms with Crippen LogP contribution < -0.4 is 0 Å². The van der Waals surface area contributed by atoms with Crippen LogP contribution in [0.4, 0.5) is 0 Å². The van der Waals surface area contributed by atoms with Gasteiger partial charge in [0.1, 0.15) is 0 Å². The summed E-state index contributed by atoms with van der Waals surface area (Å²) in [5.41, 5.74) is -0.191. The van der Waals surface area contributed by atoms with Crippen molar-refractivity contribution in [3.63, 3.8) is 0 Å². The normalized spacial score (nSPS) is 15.2. The highest BCUT2D eigenvalue weighted by atomic mass is 16.3. The molecule has 3 nitrogen and oxygen atoms in total. The Bertz CT molecular complexity index is 126. The van der Waals surface area contributed by atoms with Gasteiger partial charge in [0.05, 0.1) is 6.61 Å². The molecule has 0 spiro atoms. The summed E-state index contributed by atoms with van der Waals surface area (Å²) in [6.45, 7) is 7.11. The number of hydrogen-bond donors (Lipinski definition) is 2. The molecular formula is C9H21NO2. The van der Waals surface area contributed by atoms with Crippen LogP contribution in [0.15, 0.2) is 0 Å². The molecule has 0 aliphatic carbocycles. The first kappa shape index (κ1) is 11.9. The zero-order valence-corrected chi connectivity index (χ0v) is 8.54. The topological polar surface area (TPSA) is 43.7 Å². The van der Waals surface area contributed by atoms with Crippen LogP contribution in [0.3, 0.4) is 0 Å². The maximum absolute atomic E-state index is 9.05. The van der Waals surface area contributed by atoms with E-state index in [1.807, 2.05) is 27.8 Å². The minimum atomic E-state index is -0.191. The van der Waals surface area contributed by atoms with Crippen molar-refractivity contribution in [3.8, 4) is 0 Å². The summed E-state index contributed by atoms with van der Waals surface area (Å²) < 4.78 is 0. The van der Waals surface area contributed by atoms with Gasteiger partial charge in [-0.3, -0.25) is 4.90 Å². The zero-order valence-electron chi connectivity index (χ0n) is 8.54. The van der Waals surface area contributed by atoms with E-state index in [9.17, 15) is 0 Å². The van der Waals surface area contributed by atoms with E-state index in [0.717, 1.165) is 6.54 Å². The summed E-state index contributed by atoms with van der Waals surface area (Å²) in [4.78, 5) is 2.06. The second-order valence-electron chi connectivity index (χ2n) is 4.14. The van der Waals surface area contributed by atoms with Gasteiger partial charge in [0.25, 0.3) is 0 Å². The van der Waals surface area contributed by atoms with Crippen molar-refractivity contribution in [1.29, 1.82) is 0 Å². The SMILES string of the molecule is CC(CO)CN(C)C(C)(C)CO. The molecule has 0 fully saturated rings. The van der Waals surface area contributed by atoms with E-state index >= 15 is 0 Å². The van der Waals surface area contributed by atoms with E-state index in [1.54, 1.807) is 0 Å². The van der Waals surface area contributed by atoms with Gasteiger partial charge in [0.2, 0.25) is 0 Å². The fraction of sp³-hybridized carbons (Fsp3) is 1.00. The van der Waals surface area contributed by atoms with Gasteiger partial charge in [0, 0.05) is 18.7 Å². The van der Waals surface area contributed by atoms with Gasteiger partial charge < -0.3 is 10.2 Å². The minimum absolute atomic E-state index is 0.141. The predicted molar refractivity (Wildman–Crippen MR) is 50.0 cm³/mol. The standard InChI is InChI=1S/C9H21NO2/c1-8(6-11)5-10(4)9(2,3)7-12/h8,11-12H,5-7H2,1-4H3. The number of nitrogens with zero attached hydrogens (tertiary/aromatic N) is 1. The molecule has 0 aliphatic rings. The first-order valence-corrected chi connectivity index (χ1v) is 4.37. The lowest BCUT2D eigenvalue weighted by Gasteiger charge is -2.35. The Hall–Kier alpha value is -0.120. The Labute approximate surface area is 75.0 Å². The molecule has 74 valence electrons. The molecule has 0 aromatic heterocycles. The molecule has 0 aliphatic heterocycles. The third-order valence-electron chi connectivity index (χ3n) is 2.32. The Kier molecular flexibility index (Phi) is 4.75. The van der Waals surface area contributed by atoms with Crippen LogP contribution in [0.2, 0.25) is 0 Å². The van der Waals surface area contributed by atoms with Crippen LogP contribution in [0.25, 0.3) is 0 Å². The average Bonchev–Trinajstić information content (AvgIpc) is 2.04. The van der Waals surface area contributed by atoms with Crippen molar-refractivity contribution in [1.82, 2.24) is 4.90 Å². The van der Waals surface area contributed by atoms with Crippen LogP contribution in [-0.4, -0.2) is 47.5 Å². The lowest BCUT2D eigenvalue weighted by atomic mass is 10.0. The van der Waals surface area contributed by atoms with Crippen LogP contribution >= 0.6 is 0 Å². The molecule has 0 radical (unpaired) electrons. The van der Waals surface area contributed by atoms with Gasteiger partial charge in [0.15, 0.2) is 0 Å². The fourth-order valence-electron chi connectivity index (χ4n) is 0.893. The highest BCUT2D eigenvalue weighted by Gasteiger charge is 2.23. The lowest BCUT2D eigenvalue weighted by Crippen LogP contribution is -2.46. The minimum Gasteiger partial charge on any atom is -0.396 e. The third-order valence-corrected chi connectivity index (χ3v) is 2.32. The smallest absolute Gasteiger partial charge is 0.0609 e.